The van der Waals surface area contributed by atoms with Crippen molar-refractivity contribution in [3.63, 3.8) is 0 Å². The Morgan fingerprint density at radius 2 is 2.11 bits per heavy atom. The topological polar surface area (TPSA) is 107 Å². The van der Waals surface area contributed by atoms with Crippen LogP contribution in [0.1, 0.15) is 52.6 Å². The van der Waals surface area contributed by atoms with Crippen molar-refractivity contribution in [2.45, 2.75) is 39.1 Å². The van der Waals surface area contributed by atoms with Crippen LogP contribution in [-0.2, 0) is 23.1 Å². The molecule has 1 fully saturated rings. The highest BCUT2D eigenvalue weighted by molar-refractivity contribution is 6.11. The van der Waals surface area contributed by atoms with Gasteiger partial charge in [-0.15, -0.1) is 0 Å². The number of aryl methyl sites for hydroxylation is 1. The number of pyridine rings is 1. The molecule has 2 N–H and O–H groups in total. The molecule has 5 rings (SSSR count). The predicted molar refractivity (Wildman–Crippen MR) is 134 cm³/mol. The number of halogens is 1. The van der Waals surface area contributed by atoms with Crippen molar-refractivity contribution in [3.05, 3.63) is 71.6 Å². The summed E-state index contributed by atoms with van der Waals surface area (Å²) >= 11 is 0. The van der Waals surface area contributed by atoms with Crippen molar-refractivity contribution in [3.8, 4) is 16.9 Å². The number of carbonyl (C=O) groups excluding carboxylic acids is 2. The number of rotatable bonds is 7. The minimum atomic E-state index is -0.628. The summed E-state index contributed by atoms with van der Waals surface area (Å²) in [5, 5.41) is 16.8. The Balaban J connectivity index is 1.50. The van der Waals surface area contributed by atoms with Gasteiger partial charge in [0.15, 0.2) is 17.9 Å². The maximum Gasteiger partial charge on any atom is 0.257 e. The second kappa shape index (κ2) is 10.2. The molecular weight excluding hydrogens is 479 g/mol. The number of hydrogen-bond donors (Lipinski definition) is 2. The number of anilines is 1. The van der Waals surface area contributed by atoms with Crippen LogP contribution in [0, 0.1) is 5.82 Å². The van der Waals surface area contributed by atoms with Crippen molar-refractivity contribution in [2.75, 3.05) is 11.9 Å². The van der Waals surface area contributed by atoms with E-state index in [2.05, 4.69) is 10.4 Å². The third kappa shape index (κ3) is 5.11. The Bertz CT molecular complexity index is 1490. The highest BCUT2D eigenvalue weighted by Crippen LogP contribution is 2.31. The number of nitrogens with one attached hydrogen (secondary N) is 1. The zero-order chi connectivity index (χ0) is 26.1. The SMILES string of the molecule is CC(=O)c1cc(C(=O)Nc2cc(COC3CCCCO3)cc(-c3cnn(C)c3)c2F)c2cc(O)ccn12. The van der Waals surface area contributed by atoms with Crippen LogP contribution in [-0.4, -0.2) is 43.9 Å². The molecule has 1 atom stereocenters. The standard InChI is InChI=1S/C27H27FN4O5/c1-16(33)23-12-21(24-11-19(34)6-7-32(23)24)27(35)30-22-10-17(15-37-25-5-3-4-8-36-25)9-20(26(22)28)18-13-29-31(2)14-18/h6-7,9-14,25,34H,3-5,8,15H2,1-2H3,(H,30,35). The molecule has 10 heteroatoms. The normalized spacial score (nSPS) is 15.7. The number of carbonyl (C=O) groups is 2. The smallest absolute Gasteiger partial charge is 0.257 e. The lowest BCUT2D eigenvalue weighted by molar-refractivity contribution is -0.168. The fourth-order valence-electron chi connectivity index (χ4n) is 4.49. The molecule has 0 bridgehead atoms. The molecule has 0 saturated carbocycles. The summed E-state index contributed by atoms with van der Waals surface area (Å²) in [6, 6.07) is 7.43. The molecule has 192 valence electrons. The average molecular weight is 507 g/mol. The Labute approximate surface area is 212 Å². The molecule has 4 heterocycles. The van der Waals surface area contributed by atoms with E-state index in [4.69, 9.17) is 9.47 Å². The van der Waals surface area contributed by atoms with E-state index in [1.807, 2.05) is 0 Å². The van der Waals surface area contributed by atoms with Crippen LogP contribution in [0.2, 0.25) is 0 Å². The van der Waals surface area contributed by atoms with Gasteiger partial charge in [0.1, 0.15) is 5.75 Å². The summed E-state index contributed by atoms with van der Waals surface area (Å²) in [6.07, 6.45) is 7.20. The summed E-state index contributed by atoms with van der Waals surface area (Å²) < 4.78 is 30.3. The fourth-order valence-corrected chi connectivity index (χ4v) is 4.49. The van der Waals surface area contributed by atoms with Crippen molar-refractivity contribution >= 4 is 22.9 Å². The summed E-state index contributed by atoms with van der Waals surface area (Å²) in [7, 11) is 1.73. The van der Waals surface area contributed by atoms with Gasteiger partial charge in [0.25, 0.3) is 5.91 Å². The van der Waals surface area contributed by atoms with Crippen LogP contribution in [0.25, 0.3) is 16.6 Å². The van der Waals surface area contributed by atoms with Gasteiger partial charge in [-0.1, -0.05) is 0 Å². The number of aromatic hydroxyl groups is 1. The van der Waals surface area contributed by atoms with E-state index in [9.17, 15) is 14.7 Å². The molecular formula is C27H27FN4O5. The third-order valence-electron chi connectivity index (χ3n) is 6.33. The first-order valence-corrected chi connectivity index (χ1v) is 12.0. The van der Waals surface area contributed by atoms with Gasteiger partial charge in [0.2, 0.25) is 0 Å². The molecule has 1 saturated heterocycles. The molecule has 4 aromatic rings. The van der Waals surface area contributed by atoms with Crippen molar-refractivity contribution < 1.29 is 28.6 Å². The van der Waals surface area contributed by atoms with Crippen LogP contribution in [0.15, 0.2) is 48.9 Å². The first-order chi connectivity index (χ1) is 17.8. The van der Waals surface area contributed by atoms with Gasteiger partial charge < -0.3 is 24.3 Å². The van der Waals surface area contributed by atoms with E-state index in [0.717, 1.165) is 19.3 Å². The lowest BCUT2D eigenvalue weighted by Crippen LogP contribution is -2.22. The van der Waals surface area contributed by atoms with E-state index in [0.29, 0.717) is 23.3 Å². The first-order valence-electron chi connectivity index (χ1n) is 12.0. The number of fused-ring (bicyclic) bond motifs is 1. The van der Waals surface area contributed by atoms with Gasteiger partial charge in [-0.2, -0.15) is 5.10 Å². The molecule has 0 aliphatic carbocycles. The van der Waals surface area contributed by atoms with Crippen LogP contribution < -0.4 is 5.32 Å². The third-order valence-corrected chi connectivity index (χ3v) is 6.33. The van der Waals surface area contributed by atoms with E-state index >= 15 is 4.39 Å². The molecule has 3 aromatic heterocycles. The zero-order valence-corrected chi connectivity index (χ0v) is 20.5. The maximum absolute atomic E-state index is 15.7. The largest absolute Gasteiger partial charge is 0.508 e. The van der Waals surface area contributed by atoms with Crippen molar-refractivity contribution in [1.82, 2.24) is 14.2 Å². The number of aromatic nitrogens is 3. The van der Waals surface area contributed by atoms with Gasteiger partial charge in [0.05, 0.1) is 35.3 Å². The molecule has 9 nitrogen and oxygen atoms in total. The summed E-state index contributed by atoms with van der Waals surface area (Å²) in [4.78, 5) is 25.5. The molecule has 0 radical (unpaired) electrons. The number of ether oxygens (including phenoxy) is 2. The number of benzene rings is 1. The second-order valence-corrected chi connectivity index (χ2v) is 9.11. The van der Waals surface area contributed by atoms with Gasteiger partial charge in [-0.05, 0) is 49.1 Å². The van der Waals surface area contributed by atoms with E-state index in [1.54, 1.807) is 30.2 Å². The highest BCUT2D eigenvalue weighted by atomic mass is 19.1. The minimum absolute atomic E-state index is 0.0432. The van der Waals surface area contributed by atoms with Gasteiger partial charge in [-0.25, -0.2) is 4.39 Å². The van der Waals surface area contributed by atoms with Crippen LogP contribution in [0.3, 0.4) is 0 Å². The molecule has 1 aliphatic heterocycles. The van der Waals surface area contributed by atoms with E-state index in [1.165, 1.54) is 41.8 Å². The number of ketones is 1. The van der Waals surface area contributed by atoms with Crippen LogP contribution in [0.4, 0.5) is 10.1 Å². The zero-order valence-electron chi connectivity index (χ0n) is 20.5. The molecule has 1 aliphatic rings. The highest BCUT2D eigenvalue weighted by Gasteiger charge is 2.22. The monoisotopic (exact) mass is 506 g/mol. The molecule has 1 amide bonds. The van der Waals surface area contributed by atoms with Gasteiger partial charge in [-0.3, -0.25) is 14.3 Å². The van der Waals surface area contributed by atoms with Gasteiger partial charge in [0, 0.05) is 50.2 Å². The molecule has 0 spiro atoms. The lowest BCUT2D eigenvalue weighted by Gasteiger charge is -2.23. The summed E-state index contributed by atoms with van der Waals surface area (Å²) in [5.41, 5.74) is 2.13. The van der Waals surface area contributed by atoms with Crippen molar-refractivity contribution in [2.24, 2.45) is 7.05 Å². The Morgan fingerprint density at radius 1 is 1.27 bits per heavy atom. The second-order valence-electron chi connectivity index (χ2n) is 9.11. The quantitative estimate of drug-likeness (QED) is 0.353. The van der Waals surface area contributed by atoms with Crippen LogP contribution >= 0.6 is 0 Å². The maximum atomic E-state index is 15.7. The van der Waals surface area contributed by atoms with E-state index < -0.39 is 11.7 Å². The van der Waals surface area contributed by atoms with E-state index in [-0.39, 0.29) is 46.9 Å². The lowest BCUT2D eigenvalue weighted by atomic mass is 10.0. The minimum Gasteiger partial charge on any atom is -0.508 e. The number of amides is 1. The molecule has 37 heavy (non-hydrogen) atoms. The fraction of sp³-hybridized carbons (Fsp3) is 0.296. The average Bonchev–Trinajstić information content (AvgIpc) is 3.48. The Kier molecular flexibility index (Phi) is 6.77. The molecule has 1 unspecified atom stereocenters. The predicted octanol–water partition coefficient (Wildman–Crippen LogP) is 4.68. The number of Topliss-reactive ketones (excluding diaryl/α,β-unsaturated/α-hetero) is 1. The van der Waals surface area contributed by atoms with Gasteiger partial charge >= 0.3 is 0 Å². The summed E-state index contributed by atoms with van der Waals surface area (Å²) in [5.74, 6) is -1.57. The Morgan fingerprint density at radius 3 is 2.81 bits per heavy atom. The molecule has 1 aromatic carbocycles. The Hall–Kier alpha value is -4.02. The van der Waals surface area contributed by atoms with Crippen molar-refractivity contribution in [1.29, 1.82) is 0 Å². The first kappa shape index (κ1) is 24.7. The number of hydrogen-bond acceptors (Lipinski definition) is 6. The van der Waals surface area contributed by atoms with Crippen LogP contribution in [0.5, 0.6) is 5.75 Å². The summed E-state index contributed by atoms with van der Waals surface area (Å²) in [6.45, 7) is 2.19. The number of nitrogens with zero attached hydrogens (tertiary/aromatic N) is 3.